The normalized spacial score (nSPS) is 13.5. The van der Waals surface area contributed by atoms with Crippen LogP contribution < -0.4 is 9.80 Å². The first-order valence-corrected chi connectivity index (χ1v) is 10.6. The lowest BCUT2D eigenvalue weighted by Gasteiger charge is -2.19. The average molecular weight is 447 g/mol. The maximum Gasteiger partial charge on any atom is 0.268 e. The Kier molecular flexibility index (Phi) is 5.80. The van der Waals surface area contributed by atoms with Crippen molar-refractivity contribution in [3.63, 3.8) is 0 Å². The van der Waals surface area contributed by atoms with Crippen LogP contribution in [0.5, 0.6) is 0 Å². The second-order valence-electron chi connectivity index (χ2n) is 6.47. The molecule has 0 unspecified atom stereocenters. The highest BCUT2D eigenvalue weighted by molar-refractivity contribution is 7.19. The summed E-state index contributed by atoms with van der Waals surface area (Å²) < 4.78 is 0. The molecule has 29 heavy (non-hydrogen) atoms. The highest BCUT2D eigenvalue weighted by atomic mass is 35.5. The third kappa shape index (κ3) is 3.99. The van der Waals surface area contributed by atoms with E-state index in [2.05, 4.69) is 15.1 Å². The third-order valence-electron chi connectivity index (χ3n) is 4.59. The zero-order valence-corrected chi connectivity index (χ0v) is 17.5. The van der Waals surface area contributed by atoms with Gasteiger partial charge in [0, 0.05) is 13.1 Å². The molecule has 0 aliphatic carbocycles. The summed E-state index contributed by atoms with van der Waals surface area (Å²) in [6.07, 6.45) is 2.16. The lowest BCUT2D eigenvalue weighted by molar-refractivity contribution is 0.0897. The zero-order valence-electron chi connectivity index (χ0n) is 15.2. The topological polar surface area (TPSA) is 66.4 Å². The van der Waals surface area contributed by atoms with Gasteiger partial charge >= 0.3 is 0 Å². The summed E-state index contributed by atoms with van der Waals surface area (Å²) in [5.41, 5.74) is 0.403. The summed E-state index contributed by atoms with van der Waals surface area (Å²) in [7, 11) is 0. The van der Waals surface area contributed by atoms with Crippen LogP contribution >= 0.6 is 34.5 Å². The Morgan fingerprint density at radius 1 is 0.862 bits per heavy atom. The van der Waals surface area contributed by atoms with Crippen LogP contribution in [0.1, 0.15) is 33.6 Å². The van der Waals surface area contributed by atoms with Gasteiger partial charge in [0.2, 0.25) is 10.3 Å². The fourth-order valence-electron chi connectivity index (χ4n) is 3.11. The molecule has 0 radical (unpaired) electrons. The van der Waals surface area contributed by atoms with Crippen molar-refractivity contribution in [3.05, 3.63) is 69.7 Å². The fraction of sp³-hybridized carbons (Fsp3) is 0.200. The van der Waals surface area contributed by atoms with Crippen LogP contribution in [0.3, 0.4) is 0 Å². The maximum atomic E-state index is 13.3. The summed E-state index contributed by atoms with van der Waals surface area (Å²) in [6.45, 7) is 1.76. The summed E-state index contributed by atoms with van der Waals surface area (Å²) >= 11 is 13.6. The zero-order chi connectivity index (χ0) is 20.4. The number of rotatable bonds is 4. The van der Waals surface area contributed by atoms with E-state index < -0.39 is 11.8 Å². The van der Waals surface area contributed by atoms with Crippen molar-refractivity contribution in [1.82, 2.24) is 10.2 Å². The van der Waals surface area contributed by atoms with Crippen LogP contribution in [0.4, 0.5) is 10.3 Å². The van der Waals surface area contributed by atoms with E-state index in [0.717, 1.165) is 30.8 Å². The van der Waals surface area contributed by atoms with E-state index in [9.17, 15) is 9.59 Å². The minimum Gasteiger partial charge on any atom is -0.347 e. The number of aromatic nitrogens is 2. The second-order valence-corrected chi connectivity index (χ2v) is 8.22. The standard InChI is InChI=1S/C20H16Cl2N4O2S/c21-15-9-3-1-7-13(15)17(27)26(18(28)14-8-2-4-10-16(14)22)20-24-23-19(29-20)25-11-5-6-12-25/h1-4,7-10H,5-6,11-12H2. The predicted octanol–water partition coefficient (Wildman–Crippen LogP) is 4.93. The Morgan fingerprint density at radius 2 is 1.38 bits per heavy atom. The number of nitrogens with zero attached hydrogens (tertiary/aromatic N) is 4. The molecule has 2 aromatic carbocycles. The van der Waals surface area contributed by atoms with Gasteiger partial charge < -0.3 is 4.90 Å². The van der Waals surface area contributed by atoms with Crippen LogP contribution in [0.15, 0.2) is 48.5 Å². The molecule has 1 aliphatic rings. The fourth-order valence-corrected chi connectivity index (χ4v) is 4.44. The Bertz CT molecular complexity index is 1010. The molecule has 0 bridgehead atoms. The minimum atomic E-state index is -0.579. The quantitative estimate of drug-likeness (QED) is 0.531. The number of imide groups is 1. The van der Waals surface area contributed by atoms with Crippen molar-refractivity contribution in [2.45, 2.75) is 12.8 Å². The molecule has 3 aromatic rings. The van der Waals surface area contributed by atoms with Gasteiger partial charge in [0.15, 0.2) is 0 Å². The molecule has 4 rings (SSSR count). The van der Waals surface area contributed by atoms with Gasteiger partial charge in [-0.15, -0.1) is 10.2 Å². The molecular weight excluding hydrogens is 431 g/mol. The van der Waals surface area contributed by atoms with E-state index in [1.165, 1.54) is 11.3 Å². The van der Waals surface area contributed by atoms with Gasteiger partial charge in [-0.25, -0.2) is 4.90 Å². The number of carbonyl (C=O) groups excluding carboxylic acids is 2. The molecule has 1 saturated heterocycles. The molecule has 0 N–H and O–H groups in total. The molecule has 0 saturated carbocycles. The van der Waals surface area contributed by atoms with E-state index >= 15 is 0 Å². The van der Waals surface area contributed by atoms with E-state index in [1.807, 2.05) is 0 Å². The Hall–Kier alpha value is -2.48. The van der Waals surface area contributed by atoms with Gasteiger partial charge in [-0.2, -0.15) is 0 Å². The SMILES string of the molecule is O=C(c1ccccc1Cl)N(C(=O)c1ccccc1Cl)c1nnc(N2CCCC2)s1. The predicted molar refractivity (Wildman–Crippen MR) is 115 cm³/mol. The van der Waals surface area contributed by atoms with Crippen LogP contribution in [0.2, 0.25) is 10.0 Å². The first kappa shape index (κ1) is 19.8. The van der Waals surface area contributed by atoms with E-state index in [0.29, 0.717) is 5.13 Å². The van der Waals surface area contributed by atoms with Crippen molar-refractivity contribution < 1.29 is 9.59 Å². The van der Waals surface area contributed by atoms with Crippen LogP contribution in [-0.2, 0) is 0 Å². The molecular formula is C20H16Cl2N4O2S. The summed E-state index contributed by atoms with van der Waals surface area (Å²) in [4.78, 5) is 29.7. The molecule has 0 spiro atoms. The van der Waals surface area contributed by atoms with Crippen molar-refractivity contribution in [2.24, 2.45) is 0 Å². The van der Waals surface area contributed by atoms with E-state index in [4.69, 9.17) is 23.2 Å². The largest absolute Gasteiger partial charge is 0.347 e. The van der Waals surface area contributed by atoms with Gasteiger partial charge in [-0.1, -0.05) is 58.8 Å². The van der Waals surface area contributed by atoms with Gasteiger partial charge in [0.1, 0.15) is 0 Å². The van der Waals surface area contributed by atoms with Crippen LogP contribution in [-0.4, -0.2) is 35.1 Å². The Balaban J connectivity index is 1.77. The first-order chi connectivity index (χ1) is 14.1. The number of halogens is 2. The Morgan fingerprint density at radius 3 is 1.90 bits per heavy atom. The Labute approximate surface area is 181 Å². The number of hydrogen-bond acceptors (Lipinski definition) is 6. The van der Waals surface area contributed by atoms with Gasteiger partial charge in [0.05, 0.1) is 21.2 Å². The molecule has 148 valence electrons. The molecule has 1 fully saturated rings. The molecule has 2 heterocycles. The smallest absolute Gasteiger partial charge is 0.268 e. The number of carbonyl (C=O) groups is 2. The highest BCUT2D eigenvalue weighted by Crippen LogP contribution is 2.32. The molecule has 1 aromatic heterocycles. The molecule has 1 aliphatic heterocycles. The molecule has 9 heteroatoms. The first-order valence-electron chi connectivity index (χ1n) is 9.02. The van der Waals surface area contributed by atoms with Crippen molar-refractivity contribution in [1.29, 1.82) is 0 Å². The lowest BCUT2D eigenvalue weighted by atomic mass is 10.1. The number of anilines is 2. The number of amides is 2. The number of hydrogen-bond donors (Lipinski definition) is 0. The molecule has 0 atom stereocenters. The number of benzene rings is 2. The summed E-state index contributed by atoms with van der Waals surface area (Å²) in [6, 6.07) is 13.1. The van der Waals surface area contributed by atoms with Gasteiger partial charge in [-0.3, -0.25) is 9.59 Å². The third-order valence-corrected chi connectivity index (χ3v) is 6.21. The summed E-state index contributed by atoms with van der Waals surface area (Å²) in [5, 5.41) is 9.70. The van der Waals surface area contributed by atoms with Crippen molar-refractivity contribution >= 4 is 56.6 Å². The second kappa shape index (κ2) is 8.49. The summed E-state index contributed by atoms with van der Waals surface area (Å²) in [5.74, 6) is -1.16. The van der Waals surface area contributed by atoms with Crippen molar-refractivity contribution in [2.75, 3.05) is 22.9 Å². The van der Waals surface area contributed by atoms with Gasteiger partial charge in [-0.05, 0) is 37.1 Å². The average Bonchev–Trinajstić information content (AvgIpc) is 3.41. The monoisotopic (exact) mass is 446 g/mol. The van der Waals surface area contributed by atoms with E-state index in [-0.39, 0.29) is 26.3 Å². The maximum absolute atomic E-state index is 13.3. The van der Waals surface area contributed by atoms with Crippen LogP contribution in [0, 0.1) is 0 Å². The van der Waals surface area contributed by atoms with Crippen LogP contribution in [0.25, 0.3) is 0 Å². The molecule has 2 amide bonds. The van der Waals surface area contributed by atoms with Crippen molar-refractivity contribution in [3.8, 4) is 0 Å². The van der Waals surface area contributed by atoms with E-state index in [1.54, 1.807) is 48.5 Å². The lowest BCUT2D eigenvalue weighted by Crippen LogP contribution is -2.37. The minimum absolute atomic E-state index is 0.182. The molecule has 6 nitrogen and oxygen atoms in total. The highest BCUT2D eigenvalue weighted by Gasteiger charge is 2.32. The van der Waals surface area contributed by atoms with Gasteiger partial charge in [0.25, 0.3) is 11.8 Å².